The average Bonchev–Trinajstić information content (AvgIpc) is 3.65. The van der Waals surface area contributed by atoms with Gasteiger partial charge in [0.25, 0.3) is 11.8 Å². The fraction of sp³-hybridized carbons (Fsp3) is 0.500. The number of rotatable bonds is 9. The van der Waals surface area contributed by atoms with Crippen molar-refractivity contribution in [2.24, 2.45) is 0 Å². The molecule has 1 unspecified atom stereocenters. The maximum absolute atomic E-state index is 13.1. The summed E-state index contributed by atoms with van der Waals surface area (Å²) in [5, 5.41) is 19.0. The lowest BCUT2D eigenvalue weighted by Gasteiger charge is -2.33. The minimum Gasteiger partial charge on any atom is -0.467 e. The van der Waals surface area contributed by atoms with Crippen LogP contribution in [0.15, 0.2) is 36.4 Å². The predicted molar refractivity (Wildman–Crippen MR) is 148 cm³/mol. The van der Waals surface area contributed by atoms with E-state index < -0.39 is 18.0 Å². The monoisotopic (exact) mass is 581 g/mol. The van der Waals surface area contributed by atoms with Gasteiger partial charge in [0.2, 0.25) is 17.7 Å². The van der Waals surface area contributed by atoms with Crippen LogP contribution < -0.4 is 15.4 Å². The van der Waals surface area contributed by atoms with Gasteiger partial charge >= 0.3 is 6.09 Å². The lowest BCUT2D eigenvalue weighted by molar-refractivity contribution is -0.140. The van der Waals surface area contributed by atoms with Crippen LogP contribution in [0.25, 0.3) is 5.69 Å². The number of likely N-dealkylation sites (tertiary alicyclic amines) is 1. The minimum atomic E-state index is -1.03. The second-order valence-electron chi connectivity index (χ2n) is 10.6. The van der Waals surface area contributed by atoms with Crippen LogP contribution in [0.2, 0.25) is 0 Å². The molecule has 3 N–H and O–H groups in total. The number of hydrogen-bond acceptors (Lipinski definition) is 7. The average molecular weight is 582 g/mol. The summed E-state index contributed by atoms with van der Waals surface area (Å²) in [6, 6.07) is 10.0. The van der Waals surface area contributed by atoms with Gasteiger partial charge in [-0.05, 0) is 44.2 Å². The summed E-state index contributed by atoms with van der Waals surface area (Å²) in [5.41, 5.74) is 0.592. The number of hydrogen-bond donors (Lipinski definition) is 3. The van der Waals surface area contributed by atoms with Crippen LogP contribution in [0.5, 0.6) is 5.88 Å². The van der Waals surface area contributed by atoms with E-state index in [1.807, 2.05) is 6.07 Å². The van der Waals surface area contributed by atoms with Gasteiger partial charge in [-0.2, -0.15) is 5.10 Å². The van der Waals surface area contributed by atoms with Crippen LogP contribution >= 0.6 is 0 Å². The summed E-state index contributed by atoms with van der Waals surface area (Å²) in [5.74, 6) is -1.24. The van der Waals surface area contributed by atoms with E-state index in [-0.39, 0.29) is 74.7 Å². The highest BCUT2D eigenvalue weighted by atomic mass is 16.5. The SMILES string of the molecule is O=C(NCC(=O)N1CCN(C(=O)O)CC1)c1cc(OCC(=O)N2CCCC2C(=O)NC2CCC2)n(-c2ccccc2)n1. The number of amides is 5. The molecule has 3 fully saturated rings. The summed E-state index contributed by atoms with van der Waals surface area (Å²) >= 11 is 0. The largest absolute Gasteiger partial charge is 0.467 e. The summed E-state index contributed by atoms with van der Waals surface area (Å²) in [7, 11) is 0. The van der Waals surface area contributed by atoms with Crippen molar-refractivity contribution in [2.75, 3.05) is 45.9 Å². The van der Waals surface area contributed by atoms with E-state index in [1.54, 1.807) is 29.2 Å². The van der Waals surface area contributed by atoms with Crippen molar-refractivity contribution in [1.29, 1.82) is 0 Å². The number of carboxylic acid groups (broad SMARTS) is 1. The van der Waals surface area contributed by atoms with Crippen LogP contribution in [0.4, 0.5) is 4.79 Å². The third-order valence-corrected chi connectivity index (χ3v) is 7.88. The van der Waals surface area contributed by atoms with Crippen molar-refractivity contribution in [3.63, 3.8) is 0 Å². The molecule has 3 heterocycles. The van der Waals surface area contributed by atoms with Crippen LogP contribution in [0, 0.1) is 0 Å². The lowest BCUT2D eigenvalue weighted by atomic mass is 9.93. The van der Waals surface area contributed by atoms with Gasteiger partial charge < -0.3 is 35.2 Å². The molecule has 5 amide bonds. The molecule has 0 spiro atoms. The third kappa shape index (κ3) is 6.64. The highest BCUT2D eigenvalue weighted by molar-refractivity contribution is 5.95. The van der Waals surface area contributed by atoms with Gasteiger partial charge in [-0.15, -0.1) is 0 Å². The number of ether oxygens (including phenoxy) is 1. The van der Waals surface area contributed by atoms with E-state index in [4.69, 9.17) is 9.84 Å². The van der Waals surface area contributed by atoms with Crippen molar-refractivity contribution in [1.82, 2.24) is 35.1 Å². The topological polar surface area (TPSA) is 166 Å². The second-order valence-corrected chi connectivity index (χ2v) is 10.6. The fourth-order valence-electron chi connectivity index (χ4n) is 5.24. The Balaban J connectivity index is 1.21. The maximum atomic E-state index is 13.1. The van der Waals surface area contributed by atoms with E-state index >= 15 is 0 Å². The molecule has 224 valence electrons. The normalized spacial score (nSPS) is 18.8. The molecule has 2 saturated heterocycles. The van der Waals surface area contributed by atoms with E-state index in [0.717, 1.165) is 25.7 Å². The second kappa shape index (κ2) is 12.9. The van der Waals surface area contributed by atoms with Crippen molar-refractivity contribution in [2.45, 2.75) is 44.2 Å². The summed E-state index contributed by atoms with van der Waals surface area (Å²) in [6.07, 6.45) is 3.33. The molecule has 1 saturated carbocycles. The van der Waals surface area contributed by atoms with Gasteiger partial charge in [0.05, 0.1) is 12.2 Å². The predicted octanol–water partition coefficient (Wildman–Crippen LogP) is 0.463. The Hall–Kier alpha value is -4.62. The van der Waals surface area contributed by atoms with Crippen molar-refractivity contribution >= 4 is 29.7 Å². The number of carbonyl (C=O) groups excluding carboxylic acids is 4. The van der Waals surface area contributed by atoms with Gasteiger partial charge in [0, 0.05) is 44.8 Å². The van der Waals surface area contributed by atoms with Crippen LogP contribution in [-0.2, 0) is 14.4 Å². The molecule has 1 aromatic heterocycles. The first-order chi connectivity index (χ1) is 20.3. The lowest BCUT2D eigenvalue weighted by Crippen LogP contribution is -2.52. The summed E-state index contributed by atoms with van der Waals surface area (Å²) in [6.45, 7) is 0.756. The van der Waals surface area contributed by atoms with Gasteiger partial charge in [0.1, 0.15) is 6.04 Å². The molecule has 0 bridgehead atoms. The van der Waals surface area contributed by atoms with Gasteiger partial charge in [0.15, 0.2) is 12.3 Å². The number of benzene rings is 1. The summed E-state index contributed by atoms with van der Waals surface area (Å²) in [4.78, 5) is 66.7. The first-order valence-electron chi connectivity index (χ1n) is 14.2. The molecule has 42 heavy (non-hydrogen) atoms. The van der Waals surface area contributed by atoms with Gasteiger partial charge in [-0.25, -0.2) is 9.48 Å². The zero-order valence-electron chi connectivity index (χ0n) is 23.2. The molecule has 2 aliphatic heterocycles. The zero-order chi connectivity index (χ0) is 29.6. The molecule has 1 aromatic carbocycles. The smallest absolute Gasteiger partial charge is 0.407 e. The molecular weight excluding hydrogens is 546 g/mol. The van der Waals surface area contributed by atoms with Gasteiger partial charge in [-0.1, -0.05) is 18.2 Å². The van der Waals surface area contributed by atoms with E-state index in [9.17, 15) is 24.0 Å². The number of carbonyl (C=O) groups is 5. The van der Waals surface area contributed by atoms with E-state index in [2.05, 4.69) is 15.7 Å². The quantitative estimate of drug-likeness (QED) is 0.384. The zero-order valence-corrected chi connectivity index (χ0v) is 23.2. The van der Waals surface area contributed by atoms with E-state index in [1.165, 1.54) is 20.5 Å². The number of piperazine rings is 1. The van der Waals surface area contributed by atoms with Crippen molar-refractivity contribution in [3.8, 4) is 11.6 Å². The summed E-state index contributed by atoms with van der Waals surface area (Å²) < 4.78 is 7.26. The fourth-order valence-corrected chi connectivity index (χ4v) is 5.24. The molecule has 3 aliphatic rings. The van der Waals surface area contributed by atoms with Gasteiger partial charge in [-0.3, -0.25) is 19.2 Å². The number of aromatic nitrogens is 2. The van der Waals surface area contributed by atoms with Crippen molar-refractivity contribution in [3.05, 3.63) is 42.1 Å². The molecule has 0 radical (unpaired) electrons. The molecule has 1 aliphatic carbocycles. The number of nitrogens with zero attached hydrogens (tertiary/aromatic N) is 5. The Morgan fingerprint density at radius 2 is 1.62 bits per heavy atom. The molecule has 1 atom stereocenters. The minimum absolute atomic E-state index is 0.0104. The van der Waals surface area contributed by atoms with Crippen LogP contribution in [-0.4, -0.2) is 117 Å². The molecular formula is C28H35N7O7. The number of para-hydroxylation sites is 1. The Morgan fingerprint density at radius 3 is 2.29 bits per heavy atom. The Bertz CT molecular complexity index is 1320. The highest BCUT2D eigenvalue weighted by Crippen LogP contribution is 2.23. The Labute approximate surface area is 242 Å². The van der Waals surface area contributed by atoms with Crippen LogP contribution in [0.3, 0.4) is 0 Å². The first kappa shape index (κ1) is 28.9. The molecule has 2 aromatic rings. The molecule has 14 heteroatoms. The third-order valence-electron chi connectivity index (χ3n) is 7.88. The van der Waals surface area contributed by atoms with E-state index in [0.29, 0.717) is 18.7 Å². The number of nitrogens with one attached hydrogen (secondary N) is 2. The highest BCUT2D eigenvalue weighted by Gasteiger charge is 2.36. The standard InChI is InChI=1S/C28H35N7O7/c36-23(32-12-14-33(15-13-32)28(40)41)17-29-26(38)21-16-25(35(31-21)20-8-2-1-3-9-20)42-18-24(37)34-11-5-10-22(34)27(39)30-19-6-4-7-19/h1-3,8-9,16,19,22H,4-7,10-15,17-18H2,(H,29,38)(H,30,39)(H,40,41). The molecule has 14 nitrogen and oxygen atoms in total. The van der Waals surface area contributed by atoms with Crippen molar-refractivity contribution < 1.29 is 33.8 Å². The van der Waals surface area contributed by atoms with Crippen LogP contribution in [0.1, 0.15) is 42.6 Å². The first-order valence-corrected chi connectivity index (χ1v) is 14.2. The Morgan fingerprint density at radius 1 is 0.905 bits per heavy atom. The maximum Gasteiger partial charge on any atom is 0.407 e. The molecule has 5 rings (SSSR count). The Kier molecular flexibility index (Phi) is 8.88.